The lowest BCUT2D eigenvalue weighted by atomic mass is 10.1. The Morgan fingerprint density at radius 3 is 2.41 bits per heavy atom. The molecule has 0 spiro atoms. The normalized spacial score (nSPS) is 13.8. The summed E-state index contributed by atoms with van der Waals surface area (Å²) in [5, 5.41) is 6.63. The van der Waals surface area contributed by atoms with Crippen molar-refractivity contribution in [2.24, 2.45) is 0 Å². The average Bonchev–Trinajstić information content (AvgIpc) is 2.79. The van der Waals surface area contributed by atoms with E-state index in [-0.39, 0.29) is 0 Å². The number of rotatable bonds is 7. The molecule has 4 rings (SSSR count). The summed E-state index contributed by atoms with van der Waals surface area (Å²) >= 11 is 0. The number of hydrogen-bond acceptors (Lipinski definition) is 6. The van der Waals surface area contributed by atoms with E-state index in [9.17, 15) is 0 Å². The lowest BCUT2D eigenvalue weighted by Crippen LogP contribution is -2.29. The Morgan fingerprint density at radius 2 is 1.69 bits per heavy atom. The fourth-order valence-electron chi connectivity index (χ4n) is 3.49. The number of methoxy groups -OCH3 is 1. The molecule has 150 valence electrons. The fraction of sp³-hybridized carbons (Fsp3) is 0.304. The van der Waals surface area contributed by atoms with E-state index < -0.39 is 0 Å². The Bertz CT molecular complexity index is 905. The molecule has 3 aromatic rings. The number of benzene rings is 2. The lowest BCUT2D eigenvalue weighted by molar-refractivity contribution is 0.414. The number of hydrogen-bond donors (Lipinski definition) is 2. The third-order valence-electron chi connectivity index (χ3n) is 5.13. The van der Waals surface area contributed by atoms with Crippen molar-refractivity contribution in [3.63, 3.8) is 0 Å². The van der Waals surface area contributed by atoms with Crippen molar-refractivity contribution in [3.05, 3.63) is 66.4 Å². The van der Waals surface area contributed by atoms with Crippen LogP contribution in [0.2, 0.25) is 0 Å². The molecule has 0 aliphatic carbocycles. The van der Waals surface area contributed by atoms with Crippen molar-refractivity contribution in [1.82, 2.24) is 9.97 Å². The zero-order chi connectivity index (χ0) is 19.9. The smallest absolute Gasteiger partial charge is 0.229 e. The van der Waals surface area contributed by atoms with Gasteiger partial charge in [-0.3, -0.25) is 0 Å². The molecule has 1 aliphatic rings. The van der Waals surface area contributed by atoms with Gasteiger partial charge in [0.2, 0.25) is 5.95 Å². The van der Waals surface area contributed by atoms with Crippen molar-refractivity contribution >= 4 is 23.1 Å². The Morgan fingerprint density at radius 1 is 0.931 bits per heavy atom. The van der Waals surface area contributed by atoms with Gasteiger partial charge in [0.05, 0.1) is 7.11 Å². The lowest BCUT2D eigenvalue weighted by Gasteiger charge is -2.28. The number of ether oxygens (including phenoxy) is 1. The first kappa shape index (κ1) is 19.1. The van der Waals surface area contributed by atoms with Gasteiger partial charge in [-0.05, 0) is 67.3 Å². The van der Waals surface area contributed by atoms with Crippen LogP contribution < -0.4 is 20.3 Å². The molecule has 0 saturated carbocycles. The Kier molecular flexibility index (Phi) is 6.10. The van der Waals surface area contributed by atoms with Crippen LogP contribution in [0.25, 0.3) is 0 Å². The van der Waals surface area contributed by atoms with Gasteiger partial charge in [-0.1, -0.05) is 12.1 Å². The van der Waals surface area contributed by atoms with Gasteiger partial charge in [-0.25, -0.2) is 4.98 Å². The zero-order valence-corrected chi connectivity index (χ0v) is 16.8. The van der Waals surface area contributed by atoms with E-state index in [0.29, 0.717) is 12.5 Å². The second kappa shape index (κ2) is 9.28. The molecular formula is C23H27N5O. The highest BCUT2D eigenvalue weighted by Gasteiger charge is 2.10. The summed E-state index contributed by atoms with van der Waals surface area (Å²) in [6.07, 6.45) is 5.67. The first-order valence-electron chi connectivity index (χ1n) is 10.1. The van der Waals surface area contributed by atoms with Crippen LogP contribution in [-0.2, 0) is 6.54 Å². The van der Waals surface area contributed by atoms with Gasteiger partial charge >= 0.3 is 0 Å². The molecule has 29 heavy (non-hydrogen) atoms. The minimum Gasteiger partial charge on any atom is -0.497 e. The predicted molar refractivity (Wildman–Crippen MR) is 118 cm³/mol. The van der Waals surface area contributed by atoms with Gasteiger partial charge in [-0.2, -0.15) is 4.98 Å². The van der Waals surface area contributed by atoms with Gasteiger partial charge in [0.1, 0.15) is 11.6 Å². The second-order valence-corrected chi connectivity index (χ2v) is 7.19. The number of nitrogens with zero attached hydrogens (tertiary/aromatic N) is 3. The maximum absolute atomic E-state index is 5.19. The average molecular weight is 390 g/mol. The van der Waals surface area contributed by atoms with E-state index in [4.69, 9.17) is 4.74 Å². The van der Waals surface area contributed by atoms with Gasteiger partial charge < -0.3 is 20.3 Å². The minimum absolute atomic E-state index is 0.579. The Labute approximate surface area is 172 Å². The predicted octanol–water partition coefficient (Wildman–Crippen LogP) is 4.83. The third kappa shape index (κ3) is 5.16. The Hall–Kier alpha value is -3.28. The van der Waals surface area contributed by atoms with Crippen LogP contribution in [0.5, 0.6) is 5.75 Å². The molecule has 6 heteroatoms. The molecule has 2 N–H and O–H groups in total. The van der Waals surface area contributed by atoms with E-state index in [0.717, 1.165) is 35.9 Å². The summed E-state index contributed by atoms with van der Waals surface area (Å²) in [6.45, 7) is 2.99. The third-order valence-corrected chi connectivity index (χ3v) is 5.13. The summed E-state index contributed by atoms with van der Waals surface area (Å²) in [5.41, 5.74) is 3.43. The molecule has 1 saturated heterocycles. The molecule has 0 atom stereocenters. The molecule has 1 aliphatic heterocycles. The highest BCUT2D eigenvalue weighted by atomic mass is 16.5. The SMILES string of the molecule is COc1ccc(CNc2ccnc(Nc3ccc(N4CCCCC4)cc3)n2)cc1. The van der Waals surface area contributed by atoms with E-state index >= 15 is 0 Å². The Balaban J connectivity index is 1.35. The molecule has 0 radical (unpaired) electrons. The van der Waals surface area contributed by atoms with Crippen molar-refractivity contribution in [2.75, 3.05) is 35.7 Å². The van der Waals surface area contributed by atoms with E-state index in [2.05, 4.69) is 49.8 Å². The summed E-state index contributed by atoms with van der Waals surface area (Å²) in [7, 11) is 1.67. The molecule has 2 aromatic carbocycles. The first-order chi connectivity index (χ1) is 14.3. The van der Waals surface area contributed by atoms with Crippen LogP contribution >= 0.6 is 0 Å². The van der Waals surface area contributed by atoms with Crippen molar-refractivity contribution in [3.8, 4) is 5.75 Å². The summed E-state index contributed by atoms with van der Waals surface area (Å²) in [4.78, 5) is 11.3. The molecule has 1 fully saturated rings. The molecule has 2 heterocycles. The quantitative estimate of drug-likeness (QED) is 0.603. The maximum atomic E-state index is 5.19. The first-order valence-corrected chi connectivity index (χ1v) is 10.1. The fourth-order valence-corrected chi connectivity index (χ4v) is 3.49. The van der Waals surface area contributed by atoms with Gasteiger partial charge in [0, 0.05) is 37.2 Å². The molecule has 0 bridgehead atoms. The van der Waals surface area contributed by atoms with Crippen molar-refractivity contribution < 1.29 is 4.74 Å². The van der Waals surface area contributed by atoms with Crippen LogP contribution in [0.3, 0.4) is 0 Å². The van der Waals surface area contributed by atoms with Crippen LogP contribution in [-0.4, -0.2) is 30.2 Å². The standard InChI is InChI=1S/C23H27N5O/c1-29-21-11-5-18(6-12-21)17-25-22-13-14-24-23(27-22)26-19-7-9-20(10-8-19)28-15-3-2-4-16-28/h5-14H,2-4,15-17H2,1H3,(H2,24,25,26,27). The highest BCUT2D eigenvalue weighted by molar-refractivity contribution is 5.60. The van der Waals surface area contributed by atoms with Crippen molar-refractivity contribution in [1.29, 1.82) is 0 Å². The van der Waals surface area contributed by atoms with Crippen LogP contribution in [0, 0.1) is 0 Å². The van der Waals surface area contributed by atoms with Gasteiger partial charge in [0.15, 0.2) is 0 Å². The van der Waals surface area contributed by atoms with Gasteiger partial charge in [-0.15, -0.1) is 0 Å². The molecule has 0 amide bonds. The minimum atomic E-state index is 0.579. The number of aromatic nitrogens is 2. The summed E-state index contributed by atoms with van der Waals surface area (Å²) in [6, 6.07) is 18.4. The number of piperidine rings is 1. The topological polar surface area (TPSA) is 62.3 Å². The summed E-state index contributed by atoms with van der Waals surface area (Å²) in [5.74, 6) is 2.22. The molecular weight excluding hydrogens is 362 g/mol. The molecule has 6 nitrogen and oxygen atoms in total. The second-order valence-electron chi connectivity index (χ2n) is 7.19. The van der Waals surface area contributed by atoms with E-state index in [1.54, 1.807) is 13.3 Å². The number of nitrogens with one attached hydrogen (secondary N) is 2. The molecule has 0 unspecified atom stereocenters. The molecule has 1 aromatic heterocycles. The van der Waals surface area contributed by atoms with Crippen LogP contribution in [0.15, 0.2) is 60.8 Å². The highest BCUT2D eigenvalue weighted by Crippen LogP contribution is 2.23. The van der Waals surface area contributed by atoms with Crippen LogP contribution in [0.4, 0.5) is 23.1 Å². The largest absolute Gasteiger partial charge is 0.497 e. The zero-order valence-electron chi connectivity index (χ0n) is 16.8. The van der Waals surface area contributed by atoms with E-state index in [1.807, 2.05) is 30.3 Å². The van der Waals surface area contributed by atoms with Gasteiger partial charge in [0.25, 0.3) is 0 Å². The monoisotopic (exact) mass is 389 g/mol. The van der Waals surface area contributed by atoms with E-state index in [1.165, 1.54) is 24.9 Å². The number of anilines is 4. The van der Waals surface area contributed by atoms with Crippen molar-refractivity contribution in [2.45, 2.75) is 25.8 Å². The summed E-state index contributed by atoms with van der Waals surface area (Å²) < 4.78 is 5.19. The maximum Gasteiger partial charge on any atom is 0.229 e. The van der Waals surface area contributed by atoms with Crippen LogP contribution in [0.1, 0.15) is 24.8 Å².